The van der Waals surface area contributed by atoms with Gasteiger partial charge in [0, 0.05) is 6.42 Å². The molecule has 0 aromatic rings. The van der Waals surface area contributed by atoms with E-state index >= 15 is 0 Å². The third-order valence-electron chi connectivity index (χ3n) is 1.82. The van der Waals surface area contributed by atoms with Crippen molar-refractivity contribution in [3.05, 3.63) is 12.2 Å². The van der Waals surface area contributed by atoms with E-state index in [1.54, 1.807) is 6.19 Å². The molecule has 1 aliphatic carbocycles. The van der Waals surface area contributed by atoms with Crippen molar-refractivity contribution in [1.82, 2.24) is 5.32 Å². The molecule has 0 spiro atoms. The first-order chi connectivity index (χ1) is 5.22. The van der Waals surface area contributed by atoms with Gasteiger partial charge in [-0.05, 0) is 18.8 Å². The molecule has 0 aromatic carbocycles. The molecule has 3 heteroatoms. The highest BCUT2D eigenvalue weighted by molar-refractivity contribution is 5.77. The summed E-state index contributed by atoms with van der Waals surface area (Å²) in [6.45, 7) is 3.77. The molecule has 0 radical (unpaired) electrons. The summed E-state index contributed by atoms with van der Waals surface area (Å²) in [6, 6.07) is 0. The average molecular weight is 150 g/mol. The number of allylic oxidation sites excluding steroid dienone is 1. The predicted molar refractivity (Wildman–Crippen MR) is 40.2 cm³/mol. The molecule has 0 bridgehead atoms. The first-order valence-electron chi connectivity index (χ1n) is 3.57. The lowest BCUT2D eigenvalue weighted by atomic mass is 9.79. The Morgan fingerprint density at radius 3 is 2.91 bits per heavy atom. The second-order valence-electron chi connectivity index (χ2n) is 2.89. The van der Waals surface area contributed by atoms with Crippen LogP contribution in [0.3, 0.4) is 0 Å². The van der Waals surface area contributed by atoms with Gasteiger partial charge in [0.15, 0.2) is 6.19 Å². The van der Waals surface area contributed by atoms with Crippen LogP contribution < -0.4 is 5.32 Å². The zero-order valence-corrected chi connectivity index (χ0v) is 6.26. The molecule has 1 aliphatic rings. The summed E-state index contributed by atoms with van der Waals surface area (Å²) in [5.41, 5.74) is 1.21. The Hall–Kier alpha value is -1.30. The monoisotopic (exact) mass is 150 g/mol. The molecule has 0 unspecified atom stereocenters. The number of nitriles is 1. The van der Waals surface area contributed by atoms with Crippen molar-refractivity contribution in [2.75, 3.05) is 0 Å². The van der Waals surface area contributed by atoms with Crippen LogP contribution in [0.15, 0.2) is 12.2 Å². The van der Waals surface area contributed by atoms with Gasteiger partial charge in [-0.25, -0.2) is 0 Å². The quantitative estimate of drug-likeness (QED) is 0.362. The van der Waals surface area contributed by atoms with Crippen LogP contribution in [0.25, 0.3) is 0 Å². The fourth-order valence-electron chi connectivity index (χ4n) is 1.28. The fraction of sp³-hybridized carbons (Fsp3) is 0.500. The van der Waals surface area contributed by atoms with Crippen molar-refractivity contribution in [2.45, 2.75) is 19.3 Å². The van der Waals surface area contributed by atoms with Crippen molar-refractivity contribution in [3.8, 4) is 6.19 Å². The molecule has 0 heterocycles. The Labute approximate surface area is 65.7 Å². The van der Waals surface area contributed by atoms with Crippen LogP contribution in [-0.4, -0.2) is 5.91 Å². The molecule has 1 fully saturated rings. The van der Waals surface area contributed by atoms with Crippen LogP contribution >= 0.6 is 0 Å². The van der Waals surface area contributed by atoms with E-state index in [9.17, 15) is 4.79 Å². The second kappa shape index (κ2) is 3.20. The van der Waals surface area contributed by atoms with Crippen molar-refractivity contribution in [2.24, 2.45) is 5.92 Å². The molecule has 0 atom stereocenters. The highest BCUT2D eigenvalue weighted by Crippen LogP contribution is 2.33. The average Bonchev–Trinajstić information content (AvgIpc) is 1.85. The minimum Gasteiger partial charge on any atom is -0.274 e. The molecular weight excluding hydrogens is 140 g/mol. The Morgan fingerprint density at radius 1 is 1.82 bits per heavy atom. The van der Waals surface area contributed by atoms with Crippen LogP contribution in [-0.2, 0) is 4.79 Å². The maximum Gasteiger partial charge on any atom is 0.233 e. The molecule has 58 valence electrons. The maximum atomic E-state index is 10.8. The topological polar surface area (TPSA) is 52.9 Å². The zero-order valence-electron chi connectivity index (χ0n) is 6.26. The minimum atomic E-state index is -0.176. The lowest BCUT2D eigenvalue weighted by Gasteiger charge is -2.26. The lowest BCUT2D eigenvalue weighted by molar-refractivity contribution is -0.121. The van der Waals surface area contributed by atoms with Crippen LogP contribution in [0.2, 0.25) is 0 Å². The number of carbonyl (C=O) groups is 1. The molecule has 11 heavy (non-hydrogen) atoms. The molecular formula is C8H10N2O. The van der Waals surface area contributed by atoms with E-state index in [0.717, 1.165) is 12.8 Å². The van der Waals surface area contributed by atoms with Crippen LogP contribution in [0.4, 0.5) is 0 Å². The van der Waals surface area contributed by atoms with Crippen LogP contribution in [0.1, 0.15) is 19.3 Å². The highest BCUT2D eigenvalue weighted by Gasteiger charge is 2.23. The van der Waals surface area contributed by atoms with Gasteiger partial charge in [0.05, 0.1) is 0 Å². The van der Waals surface area contributed by atoms with Gasteiger partial charge in [-0.3, -0.25) is 10.1 Å². The van der Waals surface area contributed by atoms with E-state index in [1.807, 2.05) is 0 Å². The molecule has 1 rings (SSSR count). The first-order valence-corrected chi connectivity index (χ1v) is 3.57. The van der Waals surface area contributed by atoms with Crippen molar-refractivity contribution >= 4 is 5.91 Å². The summed E-state index contributed by atoms with van der Waals surface area (Å²) >= 11 is 0. The largest absolute Gasteiger partial charge is 0.274 e. The van der Waals surface area contributed by atoms with Gasteiger partial charge < -0.3 is 0 Å². The smallest absolute Gasteiger partial charge is 0.233 e. The van der Waals surface area contributed by atoms with Crippen LogP contribution in [0.5, 0.6) is 0 Å². The highest BCUT2D eigenvalue weighted by atomic mass is 16.1. The van der Waals surface area contributed by atoms with E-state index < -0.39 is 0 Å². The minimum absolute atomic E-state index is 0.176. The van der Waals surface area contributed by atoms with Crippen molar-refractivity contribution < 1.29 is 4.79 Å². The van der Waals surface area contributed by atoms with Gasteiger partial charge in [-0.1, -0.05) is 12.2 Å². The Morgan fingerprint density at radius 2 is 2.45 bits per heavy atom. The van der Waals surface area contributed by atoms with Gasteiger partial charge in [0.25, 0.3) is 0 Å². The number of nitrogens with one attached hydrogen (secondary N) is 1. The second-order valence-corrected chi connectivity index (χ2v) is 2.89. The molecule has 0 aliphatic heterocycles. The maximum absolute atomic E-state index is 10.8. The lowest BCUT2D eigenvalue weighted by Crippen LogP contribution is -2.25. The Bertz CT molecular complexity index is 219. The normalized spacial score (nSPS) is 16.8. The molecule has 0 aromatic heterocycles. The summed E-state index contributed by atoms with van der Waals surface area (Å²) in [5.74, 6) is 0.251. The third-order valence-corrected chi connectivity index (χ3v) is 1.82. The standard InChI is InChI=1S/C8H10N2O/c1-6-2-7(3-6)4-8(11)10-5-9/h7H,1-4H2,(H,10,11). The van der Waals surface area contributed by atoms with E-state index in [0.29, 0.717) is 12.3 Å². The number of rotatable bonds is 2. The van der Waals surface area contributed by atoms with E-state index in [2.05, 4.69) is 11.9 Å². The molecule has 1 saturated carbocycles. The zero-order chi connectivity index (χ0) is 8.27. The number of nitrogens with zero attached hydrogens (tertiary/aromatic N) is 1. The number of hydrogen-bond acceptors (Lipinski definition) is 2. The summed E-state index contributed by atoms with van der Waals surface area (Å²) in [4.78, 5) is 10.8. The number of amides is 1. The van der Waals surface area contributed by atoms with E-state index in [-0.39, 0.29) is 5.91 Å². The molecule has 1 amide bonds. The summed E-state index contributed by atoms with van der Waals surface area (Å²) < 4.78 is 0. The van der Waals surface area contributed by atoms with E-state index in [1.165, 1.54) is 5.57 Å². The summed E-state index contributed by atoms with van der Waals surface area (Å²) in [7, 11) is 0. The number of hydrogen-bond donors (Lipinski definition) is 1. The van der Waals surface area contributed by atoms with Crippen molar-refractivity contribution in [3.63, 3.8) is 0 Å². The van der Waals surface area contributed by atoms with E-state index in [4.69, 9.17) is 5.26 Å². The molecule has 1 N–H and O–H groups in total. The fourth-order valence-corrected chi connectivity index (χ4v) is 1.28. The summed E-state index contributed by atoms with van der Waals surface area (Å²) in [6.07, 6.45) is 3.96. The third kappa shape index (κ3) is 2.08. The first kappa shape index (κ1) is 7.80. The molecule has 3 nitrogen and oxygen atoms in total. The van der Waals surface area contributed by atoms with Gasteiger partial charge in [0.2, 0.25) is 5.91 Å². The summed E-state index contributed by atoms with van der Waals surface area (Å²) in [5, 5.41) is 10.2. The van der Waals surface area contributed by atoms with Crippen molar-refractivity contribution in [1.29, 1.82) is 5.26 Å². The van der Waals surface area contributed by atoms with Gasteiger partial charge in [0.1, 0.15) is 0 Å². The SMILES string of the molecule is C=C1CC(CC(=O)NC#N)C1. The molecule has 0 saturated heterocycles. The Balaban J connectivity index is 2.18. The van der Waals surface area contributed by atoms with Crippen LogP contribution in [0, 0.1) is 17.4 Å². The predicted octanol–water partition coefficient (Wildman–Crippen LogP) is 0.940. The van der Waals surface area contributed by atoms with Gasteiger partial charge >= 0.3 is 0 Å². The van der Waals surface area contributed by atoms with Gasteiger partial charge in [-0.15, -0.1) is 0 Å². The van der Waals surface area contributed by atoms with Gasteiger partial charge in [-0.2, -0.15) is 5.26 Å². The Kier molecular flexibility index (Phi) is 2.27. The number of carbonyl (C=O) groups excluding carboxylic acids is 1.